The van der Waals surface area contributed by atoms with E-state index in [9.17, 15) is 9.59 Å². The Hall–Kier alpha value is -1.58. The van der Waals surface area contributed by atoms with E-state index in [0.29, 0.717) is 0 Å². The van der Waals surface area contributed by atoms with Crippen LogP contribution in [0.2, 0.25) is 0 Å². The van der Waals surface area contributed by atoms with E-state index in [2.05, 4.69) is 4.98 Å². The van der Waals surface area contributed by atoms with Crippen LogP contribution in [-0.4, -0.2) is 17.1 Å². The van der Waals surface area contributed by atoms with E-state index in [1.54, 1.807) is 0 Å². The molecule has 4 heteroatoms. The molecule has 0 spiro atoms. The van der Waals surface area contributed by atoms with Gasteiger partial charge in [-0.25, -0.2) is 4.79 Å². The summed E-state index contributed by atoms with van der Waals surface area (Å²) in [5.41, 5.74) is 1.82. The van der Waals surface area contributed by atoms with Crippen LogP contribution in [0.15, 0.2) is 11.0 Å². The Morgan fingerprint density at radius 3 is 2.68 bits per heavy atom. The number of hydrogen-bond donors (Lipinski definition) is 1. The van der Waals surface area contributed by atoms with Crippen molar-refractivity contribution in [3.63, 3.8) is 0 Å². The number of pyridine rings is 1. The van der Waals surface area contributed by atoms with Gasteiger partial charge in [0.25, 0.3) is 0 Å². The van der Waals surface area contributed by atoms with Crippen LogP contribution in [0.5, 0.6) is 0 Å². The first kappa shape index (κ1) is 12.5. The number of ether oxygens (including phenoxy) is 1. The minimum atomic E-state index is -0.457. The van der Waals surface area contributed by atoms with Crippen molar-refractivity contribution in [2.45, 2.75) is 57.5 Å². The first-order valence-corrected chi connectivity index (χ1v) is 7.20. The van der Waals surface area contributed by atoms with Crippen molar-refractivity contribution >= 4 is 5.97 Å². The molecule has 0 atom stereocenters. The Balaban J connectivity index is 1.84. The van der Waals surface area contributed by atoms with Gasteiger partial charge < -0.3 is 9.72 Å². The van der Waals surface area contributed by atoms with Gasteiger partial charge in [-0.15, -0.1) is 0 Å². The number of H-pyrrole nitrogens is 1. The molecule has 0 amide bonds. The summed E-state index contributed by atoms with van der Waals surface area (Å²) in [4.78, 5) is 27.5. The van der Waals surface area contributed by atoms with Gasteiger partial charge in [0.05, 0.1) is 0 Å². The second-order valence-corrected chi connectivity index (χ2v) is 5.51. The topological polar surface area (TPSA) is 59.2 Å². The van der Waals surface area contributed by atoms with Crippen LogP contribution in [0.1, 0.15) is 60.1 Å². The van der Waals surface area contributed by atoms with Gasteiger partial charge in [0.1, 0.15) is 11.7 Å². The number of carbonyl (C=O) groups is 1. The number of aromatic nitrogens is 1. The Morgan fingerprint density at radius 1 is 1.16 bits per heavy atom. The van der Waals surface area contributed by atoms with E-state index in [4.69, 9.17) is 4.74 Å². The number of hydrogen-bond acceptors (Lipinski definition) is 3. The molecule has 1 fully saturated rings. The van der Waals surface area contributed by atoms with Gasteiger partial charge >= 0.3 is 5.97 Å². The van der Waals surface area contributed by atoms with E-state index < -0.39 is 5.97 Å². The molecule has 2 aliphatic rings. The monoisotopic (exact) mass is 261 g/mol. The molecular formula is C15H19NO3. The van der Waals surface area contributed by atoms with Crippen molar-refractivity contribution in [1.29, 1.82) is 0 Å². The highest BCUT2D eigenvalue weighted by molar-refractivity contribution is 5.89. The number of rotatable bonds is 2. The molecule has 1 aromatic rings. The highest BCUT2D eigenvalue weighted by atomic mass is 16.5. The molecule has 0 aliphatic heterocycles. The lowest BCUT2D eigenvalue weighted by atomic mass is 9.94. The molecule has 0 saturated heterocycles. The van der Waals surface area contributed by atoms with Crippen molar-refractivity contribution in [2.24, 2.45) is 0 Å². The van der Waals surface area contributed by atoms with Crippen LogP contribution in [-0.2, 0) is 17.6 Å². The number of aryl methyl sites for hydroxylation is 1. The van der Waals surface area contributed by atoms with Crippen LogP contribution >= 0.6 is 0 Å². The van der Waals surface area contributed by atoms with Crippen molar-refractivity contribution in [3.8, 4) is 0 Å². The standard InChI is InChI=1S/C15H19NO3/c17-14-11-7-3-4-8-13(11)16-9-12(14)15(18)19-10-5-1-2-6-10/h9-10H,1-8H2,(H,16,17). The Labute approximate surface area is 112 Å². The molecule has 19 heavy (non-hydrogen) atoms. The van der Waals surface area contributed by atoms with Gasteiger partial charge in [0.15, 0.2) is 5.43 Å². The lowest BCUT2D eigenvalue weighted by Crippen LogP contribution is -2.26. The SMILES string of the molecule is O=C(OC1CCCC1)c1c[nH]c2c(c1=O)CCCC2. The van der Waals surface area contributed by atoms with Gasteiger partial charge in [0, 0.05) is 17.5 Å². The summed E-state index contributed by atoms with van der Waals surface area (Å²) < 4.78 is 5.41. The maximum atomic E-state index is 12.3. The van der Waals surface area contributed by atoms with Gasteiger partial charge in [-0.2, -0.15) is 0 Å². The highest BCUT2D eigenvalue weighted by Crippen LogP contribution is 2.22. The first-order valence-electron chi connectivity index (χ1n) is 7.20. The summed E-state index contributed by atoms with van der Waals surface area (Å²) in [7, 11) is 0. The fourth-order valence-electron chi connectivity index (χ4n) is 3.08. The molecule has 1 aromatic heterocycles. The zero-order chi connectivity index (χ0) is 13.2. The minimum absolute atomic E-state index is 0.00272. The van der Waals surface area contributed by atoms with Crippen molar-refractivity contribution in [3.05, 3.63) is 33.2 Å². The normalized spacial score (nSPS) is 19.2. The first-order chi connectivity index (χ1) is 9.25. The number of esters is 1. The molecule has 0 unspecified atom stereocenters. The van der Waals surface area contributed by atoms with E-state index in [0.717, 1.165) is 62.6 Å². The Kier molecular flexibility index (Phi) is 3.40. The fourth-order valence-corrected chi connectivity index (χ4v) is 3.08. The summed E-state index contributed by atoms with van der Waals surface area (Å²) >= 11 is 0. The van der Waals surface area contributed by atoms with Gasteiger partial charge in [-0.1, -0.05) is 0 Å². The number of fused-ring (bicyclic) bond motifs is 1. The lowest BCUT2D eigenvalue weighted by molar-refractivity contribution is 0.0315. The summed E-state index contributed by atoms with van der Waals surface area (Å²) in [6, 6.07) is 0. The number of nitrogens with one attached hydrogen (secondary N) is 1. The summed E-state index contributed by atoms with van der Waals surface area (Å²) in [6.45, 7) is 0. The molecule has 2 aliphatic carbocycles. The second kappa shape index (κ2) is 5.19. The molecule has 102 valence electrons. The number of aromatic amines is 1. The quantitative estimate of drug-likeness (QED) is 0.831. The molecule has 4 nitrogen and oxygen atoms in total. The zero-order valence-corrected chi connectivity index (χ0v) is 11.0. The van der Waals surface area contributed by atoms with Crippen LogP contribution in [0.4, 0.5) is 0 Å². The molecule has 0 radical (unpaired) electrons. The largest absolute Gasteiger partial charge is 0.459 e. The number of carbonyl (C=O) groups excluding carboxylic acids is 1. The summed E-state index contributed by atoms with van der Waals surface area (Å²) in [5.74, 6) is -0.457. The van der Waals surface area contributed by atoms with Crippen LogP contribution < -0.4 is 5.43 Å². The fraction of sp³-hybridized carbons (Fsp3) is 0.600. The molecule has 0 bridgehead atoms. The van der Waals surface area contributed by atoms with Gasteiger partial charge in [0.2, 0.25) is 0 Å². The Bertz CT molecular complexity index is 541. The molecule has 0 aromatic carbocycles. The van der Waals surface area contributed by atoms with Crippen LogP contribution in [0.25, 0.3) is 0 Å². The van der Waals surface area contributed by atoms with E-state index in [1.807, 2.05) is 0 Å². The van der Waals surface area contributed by atoms with E-state index in [-0.39, 0.29) is 17.1 Å². The summed E-state index contributed by atoms with van der Waals surface area (Å²) in [6.07, 6.45) is 9.41. The molecule has 3 rings (SSSR count). The second-order valence-electron chi connectivity index (χ2n) is 5.51. The molecular weight excluding hydrogens is 242 g/mol. The molecule has 1 N–H and O–H groups in total. The van der Waals surface area contributed by atoms with E-state index in [1.165, 1.54) is 6.20 Å². The average Bonchev–Trinajstić information content (AvgIpc) is 2.92. The van der Waals surface area contributed by atoms with Gasteiger partial charge in [-0.3, -0.25) is 4.79 Å². The van der Waals surface area contributed by atoms with Crippen LogP contribution in [0, 0.1) is 0 Å². The minimum Gasteiger partial charge on any atom is -0.459 e. The van der Waals surface area contributed by atoms with Crippen molar-refractivity contribution in [2.75, 3.05) is 0 Å². The molecule has 1 heterocycles. The third-order valence-corrected chi connectivity index (χ3v) is 4.17. The smallest absolute Gasteiger partial charge is 0.343 e. The maximum Gasteiger partial charge on any atom is 0.343 e. The van der Waals surface area contributed by atoms with Gasteiger partial charge in [-0.05, 0) is 51.4 Å². The third-order valence-electron chi connectivity index (χ3n) is 4.17. The zero-order valence-electron chi connectivity index (χ0n) is 11.0. The van der Waals surface area contributed by atoms with Crippen LogP contribution in [0.3, 0.4) is 0 Å². The molecule has 1 saturated carbocycles. The lowest BCUT2D eigenvalue weighted by Gasteiger charge is -2.16. The van der Waals surface area contributed by atoms with E-state index >= 15 is 0 Å². The summed E-state index contributed by atoms with van der Waals surface area (Å²) in [5, 5.41) is 0. The van der Waals surface area contributed by atoms with Crippen molar-refractivity contribution in [1.82, 2.24) is 4.98 Å². The maximum absolute atomic E-state index is 12.3. The van der Waals surface area contributed by atoms with Crippen molar-refractivity contribution < 1.29 is 9.53 Å². The third kappa shape index (κ3) is 2.44. The average molecular weight is 261 g/mol. The predicted molar refractivity (Wildman–Crippen MR) is 71.4 cm³/mol. The predicted octanol–water partition coefficient (Wildman–Crippen LogP) is 2.35. The Morgan fingerprint density at radius 2 is 1.89 bits per heavy atom. The highest BCUT2D eigenvalue weighted by Gasteiger charge is 2.24.